The van der Waals surface area contributed by atoms with Gasteiger partial charge in [-0.05, 0) is 42.5 Å². The molecule has 0 aliphatic rings. The number of aryl methyl sites for hydroxylation is 1. The molecule has 0 aliphatic carbocycles. The Labute approximate surface area is 179 Å². The molecule has 0 amide bonds. The SMILES string of the molecule is COc1ccc(NC(=S)/C(=C(\[O-])c2ccc(C)c([N+](=O)[O-])c2)[n+]2ccccc2)cc1. The third-order valence-electron chi connectivity index (χ3n) is 4.42. The van der Waals surface area contributed by atoms with E-state index >= 15 is 0 Å². The highest BCUT2D eigenvalue weighted by Crippen LogP contribution is 2.24. The van der Waals surface area contributed by atoms with Gasteiger partial charge in [-0.2, -0.15) is 4.57 Å². The Hall–Kier alpha value is -3.78. The van der Waals surface area contributed by atoms with Gasteiger partial charge >= 0.3 is 0 Å². The summed E-state index contributed by atoms with van der Waals surface area (Å²) < 4.78 is 6.74. The normalized spacial score (nSPS) is 11.4. The summed E-state index contributed by atoms with van der Waals surface area (Å²) in [5.74, 6) is 0.261. The highest BCUT2D eigenvalue weighted by molar-refractivity contribution is 7.81. The minimum atomic E-state index is -0.505. The molecule has 3 aromatic rings. The zero-order chi connectivity index (χ0) is 21.7. The molecule has 7 nitrogen and oxygen atoms in total. The molecule has 0 aliphatic heterocycles. The molecule has 0 saturated carbocycles. The van der Waals surface area contributed by atoms with Crippen LogP contribution in [-0.2, 0) is 0 Å². The summed E-state index contributed by atoms with van der Waals surface area (Å²) in [7, 11) is 1.57. The second-order valence-corrected chi connectivity index (χ2v) is 6.81. The Morgan fingerprint density at radius 3 is 2.37 bits per heavy atom. The Morgan fingerprint density at radius 2 is 1.77 bits per heavy atom. The molecule has 0 unspecified atom stereocenters. The molecule has 0 fully saturated rings. The van der Waals surface area contributed by atoms with Crippen LogP contribution in [0.2, 0.25) is 0 Å². The van der Waals surface area contributed by atoms with Gasteiger partial charge in [-0.1, -0.05) is 30.4 Å². The van der Waals surface area contributed by atoms with E-state index in [1.807, 2.05) is 6.07 Å². The summed E-state index contributed by atoms with van der Waals surface area (Å²) in [5.41, 5.74) is 1.39. The van der Waals surface area contributed by atoms with Gasteiger partial charge in [-0.25, -0.2) is 0 Å². The van der Waals surface area contributed by atoms with Crippen LogP contribution in [0.3, 0.4) is 0 Å². The van der Waals surface area contributed by atoms with Crippen LogP contribution >= 0.6 is 12.2 Å². The number of aromatic nitrogens is 1. The maximum Gasteiger partial charge on any atom is 0.272 e. The second kappa shape index (κ2) is 9.15. The van der Waals surface area contributed by atoms with Gasteiger partial charge in [0.1, 0.15) is 5.75 Å². The second-order valence-electron chi connectivity index (χ2n) is 6.40. The Balaban J connectivity index is 2.07. The number of nitrogens with one attached hydrogen (secondary N) is 1. The quantitative estimate of drug-likeness (QED) is 0.164. The molecule has 0 radical (unpaired) electrons. The average molecular weight is 421 g/mol. The largest absolute Gasteiger partial charge is 0.867 e. The number of nitro benzene ring substituents is 1. The minimum Gasteiger partial charge on any atom is -0.867 e. The number of anilines is 1. The van der Waals surface area contributed by atoms with Crippen LogP contribution in [0, 0.1) is 17.0 Å². The predicted octanol–water partition coefficient (Wildman–Crippen LogP) is 3.32. The molecule has 8 heteroatoms. The van der Waals surface area contributed by atoms with E-state index in [0.717, 1.165) is 0 Å². The molecule has 152 valence electrons. The predicted molar refractivity (Wildman–Crippen MR) is 117 cm³/mol. The van der Waals surface area contributed by atoms with E-state index in [4.69, 9.17) is 17.0 Å². The lowest BCUT2D eigenvalue weighted by Crippen LogP contribution is -2.39. The summed E-state index contributed by atoms with van der Waals surface area (Å²) in [4.78, 5) is 11.0. The first-order valence-electron chi connectivity index (χ1n) is 8.99. The number of thiocarbonyl (C=S) groups is 1. The van der Waals surface area contributed by atoms with Gasteiger partial charge in [0.25, 0.3) is 5.69 Å². The molecule has 0 spiro atoms. The zero-order valence-corrected chi connectivity index (χ0v) is 17.2. The summed E-state index contributed by atoms with van der Waals surface area (Å²) in [6.45, 7) is 1.62. The van der Waals surface area contributed by atoms with Crippen molar-refractivity contribution in [3.63, 3.8) is 0 Å². The van der Waals surface area contributed by atoms with Crippen molar-refractivity contribution in [1.29, 1.82) is 0 Å². The molecule has 1 heterocycles. The van der Waals surface area contributed by atoms with Crippen molar-refractivity contribution in [2.75, 3.05) is 12.4 Å². The average Bonchev–Trinajstić information content (AvgIpc) is 2.75. The van der Waals surface area contributed by atoms with Gasteiger partial charge in [0.05, 0.1) is 12.0 Å². The molecule has 0 bridgehead atoms. The number of hydrogen-bond donors (Lipinski definition) is 1. The van der Waals surface area contributed by atoms with Crippen LogP contribution in [0.5, 0.6) is 5.75 Å². The van der Waals surface area contributed by atoms with E-state index < -0.39 is 10.7 Å². The summed E-state index contributed by atoms with van der Waals surface area (Å²) in [6, 6.07) is 16.8. The number of rotatable bonds is 6. The molecule has 1 aromatic heterocycles. The summed E-state index contributed by atoms with van der Waals surface area (Å²) >= 11 is 5.53. The van der Waals surface area contributed by atoms with Gasteiger partial charge < -0.3 is 15.2 Å². The van der Waals surface area contributed by atoms with Crippen LogP contribution in [0.15, 0.2) is 73.1 Å². The Bertz CT molecular complexity index is 1110. The monoisotopic (exact) mass is 421 g/mol. The van der Waals surface area contributed by atoms with Gasteiger partial charge in [0, 0.05) is 29.4 Å². The van der Waals surface area contributed by atoms with Gasteiger partial charge in [0.15, 0.2) is 17.4 Å². The fourth-order valence-corrected chi connectivity index (χ4v) is 3.15. The van der Waals surface area contributed by atoms with Gasteiger partial charge in [0.2, 0.25) is 5.70 Å². The minimum absolute atomic E-state index is 0.118. The zero-order valence-electron chi connectivity index (χ0n) is 16.4. The number of hydrogen-bond acceptors (Lipinski definition) is 5. The molecule has 0 saturated heterocycles. The fourth-order valence-electron chi connectivity index (χ4n) is 2.83. The number of nitrogens with zero attached hydrogens (tertiary/aromatic N) is 2. The number of ether oxygens (including phenoxy) is 1. The Morgan fingerprint density at radius 1 is 1.10 bits per heavy atom. The summed E-state index contributed by atoms with van der Waals surface area (Å²) in [6.07, 6.45) is 3.38. The molecule has 0 atom stereocenters. The molecular weight excluding hydrogens is 402 g/mol. The third-order valence-corrected chi connectivity index (χ3v) is 4.72. The topological polar surface area (TPSA) is 91.3 Å². The van der Waals surface area contributed by atoms with Crippen LogP contribution in [0.25, 0.3) is 11.5 Å². The van der Waals surface area contributed by atoms with E-state index in [-0.39, 0.29) is 21.9 Å². The fraction of sp³-hybridized carbons (Fsp3) is 0.0909. The smallest absolute Gasteiger partial charge is 0.272 e. The van der Waals surface area contributed by atoms with E-state index in [1.54, 1.807) is 79.5 Å². The number of nitro groups is 1. The van der Waals surface area contributed by atoms with Crippen LogP contribution in [-0.4, -0.2) is 17.0 Å². The van der Waals surface area contributed by atoms with Crippen molar-refractivity contribution in [3.8, 4) is 5.75 Å². The van der Waals surface area contributed by atoms with Crippen molar-refractivity contribution in [2.45, 2.75) is 6.92 Å². The summed E-state index contributed by atoms with van der Waals surface area (Å²) in [5, 5.41) is 27.7. The molecule has 2 aromatic carbocycles. The highest BCUT2D eigenvalue weighted by atomic mass is 32.1. The lowest BCUT2D eigenvalue weighted by atomic mass is 10.1. The third kappa shape index (κ3) is 4.61. The lowest BCUT2D eigenvalue weighted by Gasteiger charge is -2.17. The van der Waals surface area contributed by atoms with Crippen LogP contribution in [0.1, 0.15) is 11.1 Å². The molecular formula is C22H19N3O4S. The van der Waals surface area contributed by atoms with Crippen molar-refractivity contribution >= 4 is 40.0 Å². The number of benzene rings is 2. The van der Waals surface area contributed by atoms with E-state index in [2.05, 4.69) is 5.32 Å². The van der Waals surface area contributed by atoms with Crippen molar-refractivity contribution < 1.29 is 19.3 Å². The standard InChI is InChI=1S/C22H19N3O4S/c1-15-6-7-16(14-19(15)25(27)28)21(26)20(24-12-4-3-5-13-24)22(30)23-17-8-10-18(29-2)11-9-17/h3-14H,1-2H3,(H-,23,26,30). The first-order chi connectivity index (χ1) is 14.4. The molecule has 1 N–H and O–H groups in total. The van der Waals surface area contributed by atoms with Crippen molar-refractivity contribution in [2.24, 2.45) is 0 Å². The number of methoxy groups -OCH3 is 1. The van der Waals surface area contributed by atoms with Crippen LogP contribution < -0.4 is 19.7 Å². The van der Waals surface area contributed by atoms with Gasteiger partial charge in [-0.3, -0.25) is 10.1 Å². The van der Waals surface area contributed by atoms with Gasteiger partial charge in [-0.15, -0.1) is 0 Å². The van der Waals surface area contributed by atoms with E-state index in [1.165, 1.54) is 6.07 Å². The van der Waals surface area contributed by atoms with E-state index in [0.29, 0.717) is 17.0 Å². The molecule has 30 heavy (non-hydrogen) atoms. The highest BCUT2D eigenvalue weighted by Gasteiger charge is 2.20. The van der Waals surface area contributed by atoms with E-state index in [9.17, 15) is 15.2 Å². The maximum absolute atomic E-state index is 13.3. The lowest BCUT2D eigenvalue weighted by molar-refractivity contribution is -0.577. The first-order valence-corrected chi connectivity index (χ1v) is 9.40. The van der Waals surface area contributed by atoms with Crippen molar-refractivity contribution in [3.05, 3.63) is 94.3 Å². The van der Waals surface area contributed by atoms with Crippen molar-refractivity contribution in [1.82, 2.24) is 0 Å². The maximum atomic E-state index is 13.3. The molecule has 3 rings (SSSR count). The Kier molecular flexibility index (Phi) is 6.38. The number of pyridine rings is 1. The first kappa shape index (κ1) is 20.9. The van der Waals surface area contributed by atoms with Crippen LogP contribution in [0.4, 0.5) is 11.4 Å².